The molecular weight excluding hydrogens is 314 g/mol. The molecule has 0 saturated carbocycles. The normalized spacial score (nSPS) is 13.3. The fourth-order valence-corrected chi connectivity index (χ4v) is 2.22. The second-order valence-electron chi connectivity index (χ2n) is 7.73. The van der Waals surface area contributed by atoms with Crippen LogP contribution >= 0.6 is 11.6 Å². The number of carbonyl (C=O) groups excluding carboxylic acids is 2. The molecule has 0 bridgehead atoms. The highest BCUT2D eigenvalue weighted by Crippen LogP contribution is 2.27. The molecule has 0 aliphatic heterocycles. The summed E-state index contributed by atoms with van der Waals surface area (Å²) in [7, 11) is 0. The third kappa shape index (κ3) is 5.87. The Morgan fingerprint density at radius 3 is 2.17 bits per heavy atom. The summed E-state index contributed by atoms with van der Waals surface area (Å²) in [6.07, 6.45) is -0.623. The average molecular weight is 340 g/mol. The first kappa shape index (κ1) is 19.5. The van der Waals surface area contributed by atoms with E-state index in [1.54, 1.807) is 12.1 Å². The van der Waals surface area contributed by atoms with Gasteiger partial charge in [0.1, 0.15) is 6.61 Å². The number of rotatable bonds is 4. The molecule has 0 saturated heterocycles. The van der Waals surface area contributed by atoms with Gasteiger partial charge >= 0.3 is 6.09 Å². The summed E-state index contributed by atoms with van der Waals surface area (Å²) in [5.41, 5.74) is -0.236. The quantitative estimate of drug-likeness (QED) is 0.872. The zero-order valence-corrected chi connectivity index (χ0v) is 15.5. The number of carbonyl (C=O) groups is 2. The maximum absolute atomic E-state index is 12.6. The van der Waals surface area contributed by atoms with Gasteiger partial charge in [-0.25, -0.2) is 4.79 Å². The minimum absolute atomic E-state index is 0.0281. The van der Waals surface area contributed by atoms with Gasteiger partial charge in [-0.1, -0.05) is 71.3 Å². The van der Waals surface area contributed by atoms with Crippen LogP contribution in [0.15, 0.2) is 24.3 Å². The topological polar surface area (TPSA) is 55.4 Å². The molecule has 0 aromatic heterocycles. The molecule has 23 heavy (non-hydrogen) atoms. The van der Waals surface area contributed by atoms with Gasteiger partial charge in [-0.2, -0.15) is 0 Å². The van der Waals surface area contributed by atoms with Crippen LogP contribution < -0.4 is 5.32 Å². The van der Waals surface area contributed by atoms with Gasteiger partial charge in [0, 0.05) is 16.0 Å². The third-order valence-corrected chi connectivity index (χ3v) is 3.81. The summed E-state index contributed by atoms with van der Waals surface area (Å²) >= 11 is 6.03. The number of amides is 1. The van der Waals surface area contributed by atoms with E-state index in [0.717, 1.165) is 5.56 Å². The van der Waals surface area contributed by atoms with Gasteiger partial charge in [0.05, 0.1) is 6.04 Å². The average Bonchev–Trinajstić information content (AvgIpc) is 2.41. The van der Waals surface area contributed by atoms with Crippen LogP contribution in [0.3, 0.4) is 0 Å². The number of benzene rings is 1. The molecule has 0 aliphatic rings. The van der Waals surface area contributed by atoms with E-state index in [4.69, 9.17) is 16.3 Å². The molecule has 1 rings (SSSR count). The maximum Gasteiger partial charge on any atom is 0.408 e. The van der Waals surface area contributed by atoms with Crippen molar-refractivity contribution in [3.63, 3.8) is 0 Å². The number of halogens is 1. The molecule has 0 fully saturated rings. The zero-order valence-electron chi connectivity index (χ0n) is 14.7. The molecule has 1 unspecified atom stereocenters. The SMILES string of the molecule is CC(C)(C)C(=O)C(NC(=O)OCc1ccccc1Cl)C(C)(C)C. The number of ether oxygens (including phenoxy) is 1. The zero-order chi connectivity index (χ0) is 17.8. The summed E-state index contributed by atoms with van der Waals surface area (Å²) in [6.45, 7) is 11.3. The Bertz CT molecular complexity index is 570. The lowest BCUT2D eigenvalue weighted by Gasteiger charge is -2.34. The Labute approximate surface area is 143 Å². The molecular formula is C18H26ClNO3. The van der Waals surface area contributed by atoms with Crippen LogP contribution in [-0.2, 0) is 16.1 Å². The summed E-state index contributed by atoms with van der Waals surface area (Å²) < 4.78 is 5.21. The van der Waals surface area contributed by atoms with E-state index >= 15 is 0 Å². The van der Waals surface area contributed by atoms with Gasteiger partial charge in [0.15, 0.2) is 5.78 Å². The van der Waals surface area contributed by atoms with Gasteiger partial charge in [-0.05, 0) is 11.5 Å². The predicted molar refractivity (Wildman–Crippen MR) is 92.5 cm³/mol. The Hall–Kier alpha value is -1.55. The van der Waals surface area contributed by atoms with Crippen LogP contribution in [0.1, 0.15) is 47.1 Å². The van der Waals surface area contributed by atoms with Crippen LogP contribution in [-0.4, -0.2) is 17.9 Å². The van der Waals surface area contributed by atoms with Crippen molar-refractivity contribution in [3.05, 3.63) is 34.9 Å². The van der Waals surface area contributed by atoms with Crippen molar-refractivity contribution in [2.24, 2.45) is 10.8 Å². The van der Waals surface area contributed by atoms with Gasteiger partial charge in [-0.3, -0.25) is 4.79 Å². The van der Waals surface area contributed by atoms with Crippen molar-refractivity contribution in [3.8, 4) is 0 Å². The van der Waals surface area contributed by atoms with Gasteiger partial charge < -0.3 is 10.1 Å². The van der Waals surface area contributed by atoms with Gasteiger partial charge in [0.25, 0.3) is 0 Å². The van der Waals surface area contributed by atoms with Crippen molar-refractivity contribution in [2.75, 3.05) is 0 Å². The van der Waals surface area contributed by atoms with E-state index in [1.165, 1.54) is 0 Å². The lowest BCUT2D eigenvalue weighted by Crippen LogP contribution is -2.52. The molecule has 4 nitrogen and oxygen atoms in total. The number of hydrogen-bond acceptors (Lipinski definition) is 3. The smallest absolute Gasteiger partial charge is 0.408 e. The highest BCUT2D eigenvalue weighted by Gasteiger charge is 2.38. The van der Waals surface area contributed by atoms with E-state index in [-0.39, 0.29) is 12.4 Å². The molecule has 0 radical (unpaired) electrons. The summed E-state index contributed by atoms with van der Waals surface area (Å²) in [4.78, 5) is 24.7. The number of ketones is 1. The first-order valence-corrected chi connectivity index (χ1v) is 8.01. The Morgan fingerprint density at radius 1 is 1.13 bits per heavy atom. The van der Waals surface area contributed by atoms with Crippen LogP contribution in [0.2, 0.25) is 5.02 Å². The van der Waals surface area contributed by atoms with E-state index in [1.807, 2.05) is 53.7 Å². The fraction of sp³-hybridized carbons (Fsp3) is 0.556. The molecule has 128 valence electrons. The molecule has 1 N–H and O–H groups in total. The second-order valence-corrected chi connectivity index (χ2v) is 8.13. The van der Waals surface area contributed by atoms with Crippen LogP contribution in [0.5, 0.6) is 0 Å². The van der Waals surface area contributed by atoms with E-state index in [9.17, 15) is 9.59 Å². The highest BCUT2D eigenvalue weighted by atomic mass is 35.5. The number of hydrogen-bond donors (Lipinski definition) is 1. The molecule has 0 aliphatic carbocycles. The fourth-order valence-electron chi connectivity index (χ4n) is 2.03. The summed E-state index contributed by atoms with van der Waals surface area (Å²) in [5.74, 6) is -0.0281. The molecule has 0 spiro atoms. The Morgan fingerprint density at radius 2 is 1.70 bits per heavy atom. The van der Waals surface area contributed by atoms with E-state index in [2.05, 4.69) is 5.32 Å². The molecule has 1 atom stereocenters. The lowest BCUT2D eigenvalue weighted by molar-refractivity contribution is -0.130. The lowest BCUT2D eigenvalue weighted by atomic mass is 9.76. The standard InChI is InChI=1S/C18H26ClNO3/c1-17(2,3)14(15(21)18(4,5)6)20-16(22)23-11-12-9-7-8-10-13(12)19/h7-10,14H,11H2,1-6H3,(H,20,22). The summed E-state index contributed by atoms with van der Waals surface area (Å²) in [6, 6.07) is 6.53. The second kappa shape index (κ2) is 7.35. The molecule has 1 amide bonds. The highest BCUT2D eigenvalue weighted by molar-refractivity contribution is 6.31. The first-order chi connectivity index (χ1) is 10.4. The van der Waals surface area contributed by atoms with Gasteiger partial charge in [0.2, 0.25) is 0 Å². The third-order valence-electron chi connectivity index (χ3n) is 3.45. The van der Waals surface area contributed by atoms with E-state index < -0.39 is 23.0 Å². The van der Waals surface area contributed by atoms with Crippen molar-refractivity contribution in [1.82, 2.24) is 5.32 Å². The van der Waals surface area contributed by atoms with Gasteiger partial charge in [-0.15, -0.1) is 0 Å². The summed E-state index contributed by atoms with van der Waals surface area (Å²) in [5, 5.41) is 3.24. The van der Waals surface area contributed by atoms with Crippen molar-refractivity contribution in [1.29, 1.82) is 0 Å². The number of nitrogens with one attached hydrogen (secondary N) is 1. The predicted octanol–water partition coefficient (Wildman–Crippen LogP) is 4.60. The molecule has 1 aromatic rings. The van der Waals surface area contributed by atoms with Crippen molar-refractivity contribution < 1.29 is 14.3 Å². The minimum atomic E-state index is -0.624. The Balaban J connectivity index is 2.75. The van der Waals surface area contributed by atoms with E-state index in [0.29, 0.717) is 5.02 Å². The van der Waals surface area contributed by atoms with Crippen LogP contribution in [0.4, 0.5) is 4.79 Å². The number of alkyl carbamates (subject to hydrolysis) is 1. The first-order valence-electron chi connectivity index (χ1n) is 7.64. The monoisotopic (exact) mass is 339 g/mol. The largest absolute Gasteiger partial charge is 0.445 e. The number of Topliss-reactive ketones (excluding diaryl/α,β-unsaturated/α-hetero) is 1. The molecule has 0 heterocycles. The molecule has 5 heteroatoms. The molecule has 1 aromatic carbocycles. The Kier molecular flexibility index (Phi) is 6.23. The van der Waals surface area contributed by atoms with Crippen LogP contribution in [0.25, 0.3) is 0 Å². The maximum atomic E-state index is 12.6. The minimum Gasteiger partial charge on any atom is -0.445 e. The van der Waals surface area contributed by atoms with Crippen molar-refractivity contribution >= 4 is 23.5 Å². The van der Waals surface area contributed by atoms with Crippen molar-refractivity contribution in [2.45, 2.75) is 54.2 Å². The van der Waals surface area contributed by atoms with Crippen LogP contribution in [0, 0.1) is 10.8 Å².